The normalized spacial score (nSPS) is 38.6. The van der Waals surface area contributed by atoms with Gasteiger partial charge in [-0.25, -0.2) is 0 Å². The molecule has 0 bridgehead atoms. The standard InChI is InChI=1S/C13H25NO2/c1-4-9(8-15)14-11-10-6-5-7-16-12(10)13(11,2)3/h9-12,14-15H,4-8H2,1-3H3/t9-,10?,11?,12?/m1/s1. The largest absolute Gasteiger partial charge is 0.395 e. The van der Waals surface area contributed by atoms with Gasteiger partial charge < -0.3 is 15.2 Å². The molecule has 2 rings (SSSR count). The predicted octanol–water partition coefficient (Wildman–Crippen LogP) is 1.55. The number of aliphatic hydroxyl groups is 1. The first kappa shape index (κ1) is 12.3. The van der Waals surface area contributed by atoms with E-state index >= 15 is 0 Å². The molecule has 0 aromatic rings. The van der Waals surface area contributed by atoms with Crippen molar-refractivity contribution in [2.24, 2.45) is 11.3 Å². The SMILES string of the molecule is CC[C@H](CO)NC1C2CCCOC2C1(C)C. The Morgan fingerprint density at radius 1 is 1.50 bits per heavy atom. The van der Waals surface area contributed by atoms with Crippen LogP contribution in [-0.4, -0.2) is 36.5 Å². The van der Waals surface area contributed by atoms with Gasteiger partial charge in [-0.05, 0) is 19.3 Å². The summed E-state index contributed by atoms with van der Waals surface area (Å²) in [6, 6.07) is 0.752. The zero-order valence-electron chi connectivity index (χ0n) is 10.7. The molecule has 2 fully saturated rings. The lowest BCUT2D eigenvalue weighted by Crippen LogP contribution is -2.70. The number of aliphatic hydroxyl groups excluding tert-OH is 1. The van der Waals surface area contributed by atoms with Crippen LogP contribution >= 0.6 is 0 Å². The Labute approximate surface area is 98.6 Å². The molecular formula is C13H25NO2. The van der Waals surface area contributed by atoms with Crippen molar-refractivity contribution in [3.63, 3.8) is 0 Å². The van der Waals surface area contributed by atoms with E-state index in [0.717, 1.165) is 13.0 Å². The first-order valence-electron chi connectivity index (χ1n) is 6.59. The molecule has 0 radical (unpaired) electrons. The predicted molar refractivity (Wildman–Crippen MR) is 64.3 cm³/mol. The van der Waals surface area contributed by atoms with Crippen molar-refractivity contribution in [1.82, 2.24) is 5.32 Å². The summed E-state index contributed by atoms with van der Waals surface area (Å²) in [6.45, 7) is 7.84. The summed E-state index contributed by atoms with van der Waals surface area (Å²) in [4.78, 5) is 0. The second-order valence-corrected chi connectivity index (χ2v) is 5.85. The Balaban J connectivity index is 1.98. The van der Waals surface area contributed by atoms with E-state index in [1.54, 1.807) is 0 Å². The summed E-state index contributed by atoms with van der Waals surface area (Å²) in [7, 11) is 0. The molecule has 0 spiro atoms. The zero-order chi connectivity index (χ0) is 11.8. The highest BCUT2D eigenvalue weighted by Gasteiger charge is 2.57. The summed E-state index contributed by atoms with van der Waals surface area (Å²) < 4.78 is 5.87. The van der Waals surface area contributed by atoms with Crippen LogP contribution in [-0.2, 0) is 4.74 Å². The Hall–Kier alpha value is -0.120. The van der Waals surface area contributed by atoms with Gasteiger partial charge in [-0.2, -0.15) is 0 Å². The van der Waals surface area contributed by atoms with Crippen LogP contribution < -0.4 is 5.32 Å². The Bertz CT molecular complexity index is 238. The molecule has 1 aliphatic carbocycles. The minimum atomic E-state index is 0.216. The number of hydrogen-bond donors (Lipinski definition) is 2. The van der Waals surface area contributed by atoms with Gasteiger partial charge in [0, 0.05) is 30.0 Å². The van der Waals surface area contributed by atoms with Gasteiger partial charge in [0.15, 0.2) is 0 Å². The number of fused-ring (bicyclic) bond motifs is 1. The van der Waals surface area contributed by atoms with Crippen molar-refractivity contribution in [3.8, 4) is 0 Å². The lowest BCUT2D eigenvalue weighted by molar-refractivity contribution is -0.195. The minimum absolute atomic E-state index is 0.216. The van der Waals surface area contributed by atoms with Crippen molar-refractivity contribution in [2.75, 3.05) is 13.2 Å². The molecule has 4 atom stereocenters. The van der Waals surface area contributed by atoms with Gasteiger partial charge in [0.1, 0.15) is 0 Å². The summed E-state index contributed by atoms with van der Waals surface area (Å²) >= 11 is 0. The molecule has 3 heteroatoms. The molecule has 1 saturated carbocycles. The maximum Gasteiger partial charge on any atom is 0.0684 e. The van der Waals surface area contributed by atoms with Crippen LogP contribution in [0.4, 0.5) is 0 Å². The molecule has 1 aliphatic heterocycles. The number of nitrogens with one attached hydrogen (secondary N) is 1. The van der Waals surface area contributed by atoms with E-state index in [4.69, 9.17) is 4.74 Å². The van der Waals surface area contributed by atoms with Gasteiger partial charge >= 0.3 is 0 Å². The monoisotopic (exact) mass is 227 g/mol. The van der Waals surface area contributed by atoms with E-state index in [1.807, 2.05) is 0 Å². The topological polar surface area (TPSA) is 41.5 Å². The average molecular weight is 227 g/mol. The number of ether oxygens (including phenoxy) is 1. The van der Waals surface area contributed by atoms with Gasteiger partial charge in [0.2, 0.25) is 0 Å². The molecule has 94 valence electrons. The lowest BCUT2D eigenvalue weighted by atomic mass is 9.55. The number of hydrogen-bond acceptors (Lipinski definition) is 3. The van der Waals surface area contributed by atoms with Crippen LogP contribution in [0, 0.1) is 11.3 Å². The lowest BCUT2D eigenvalue weighted by Gasteiger charge is -2.60. The van der Waals surface area contributed by atoms with Gasteiger partial charge in [0.25, 0.3) is 0 Å². The van der Waals surface area contributed by atoms with E-state index in [0.29, 0.717) is 18.1 Å². The fourth-order valence-electron chi connectivity index (χ4n) is 3.41. The fourth-order valence-corrected chi connectivity index (χ4v) is 3.41. The highest BCUT2D eigenvalue weighted by Crippen LogP contribution is 2.51. The average Bonchev–Trinajstić information content (AvgIpc) is 2.30. The van der Waals surface area contributed by atoms with Gasteiger partial charge in [0.05, 0.1) is 12.7 Å². The molecule has 2 aliphatic rings. The zero-order valence-corrected chi connectivity index (χ0v) is 10.7. The third-order valence-electron chi connectivity index (χ3n) is 4.46. The molecule has 16 heavy (non-hydrogen) atoms. The molecule has 2 N–H and O–H groups in total. The molecule has 1 heterocycles. The van der Waals surface area contributed by atoms with Crippen LogP contribution in [0.1, 0.15) is 40.0 Å². The summed E-state index contributed by atoms with van der Waals surface area (Å²) in [5.41, 5.74) is 0.216. The second-order valence-electron chi connectivity index (χ2n) is 5.85. The molecule has 1 saturated heterocycles. The minimum Gasteiger partial charge on any atom is -0.395 e. The third-order valence-corrected chi connectivity index (χ3v) is 4.46. The van der Waals surface area contributed by atoms with E-state index in [-0.39, 0.29) is 18.1 Å². The molecule has 0 amide bonds. The maximum atomic E-state index is 9.27. The molecule has 0 aromatic carbocycles. The molecule has 3 nitrogen and oxygen atoms in total. The highest BCUT2D eigenvalue weighted by atomic mass is 16.5. The summed E-state index contributed by atoms with van der Waals surface area (Å²) in [5, 5.41) is 12.9. The van der Waals surface area contributed by atoms with E-state index in [9.17, 15) is 5.11 Å². The van der Waals surface area contributed by atoms with Crippen LogP contribution in [0.25, 0.3) is 0 Å². The van der Waals surface area contributed by atoms with Crippen molar-refractivity contribution in [1.29, 1.82) is 0 Å². The van der Waals surface area contributed by atoms with E-state index in [2.05, 4.69) is 26.1 Å². The Kier molecular flexibility index (Phi) is 3.57. The molecule has 0 aromatic heterocycles. The number of rotatable bonds is 4. The van der Waals surface area contributed by atoms with Crippen molar-refractivity contribution in [3.05, 3.63) is 0 Å². The van der Waals surface area contributed by atoms with Gasteiger partial charge in [-0.3, -0.25) is 0 Å². The highest BCUT2D eigenvalue weighted by molar-refractivity contribution is 5.10. The quantitative estimate of drug-likeness (QED) is 0.765. The molecular weight excluding hydrogens is 202 g/mol. The van der Waals surface area contributed by atoms with Gasteiger partial charge in [-0.1, -0.05) is 20.8 Å². The van der Waals surface area contributed by atoms with Crippen LogP contribution in [0.3, 0.4) is 0 Å². The molecule has 3 unspecified atom stereocenters. The van der Waals surface area contributed by atoms with E-state index in [1.165, 1.54) is 12.8 Å². The fraction of sp³-hybridized carbons (Fsp3) is 1.00. The summed E-state index contributed by atoms with van der Waals surface area (Å²) in [5.74, 6) is 0.657. The maximum absolute atomic E-state index is 9.27. The van der Waals surface area contributed by atoms with Crippen LogP contribution in [0.5, 0.6) is 0 Å². The van der Waals surface area contributed by atoms with Crippen molar-refractivity contribution in [2.45, 2.75) is 58.2 Å². The van der Waals surface area contributed by atoms with Gasteiger partial charge in [-0.15, -0.1) is 0 Å². The first-order valence-corrected chi connectivity index (χ1v) is 6.59. The smallest absolute Gasteiger partial charge is 0.0684 e. The van der Waals surface area contributed by atoms with E-state index < -0.39 is 0 Å². The Morgan fingerprint density at radius 3 is 2.88 bits per heavy atom. The Morgan fingerprint density at radius 2 is 2.25 bits per heavy atom. The van der Waals surface area contributed by atoms with Crippen molar-refractivity contribution < 1.29 is 9.84 Å². The van der Waals surface area contributed by atoms with Crippen LogP contribution in [0.2, 0.25) is 0 Å². The second kappa shape index (κ2) is 4.63. The van der Waals surface area contributed by atoms with Crippen LogP contribution in [0.15, 0.2) is 0 Å². The van der Waals surface area contributed by atoms with Crippen molar-refractivity contribution >= 4 is 0 Å². The first-order chi connectivity index (χ1) is 7.61. The summed E-state index contributed by atoms with van der Waals surface area (Å²) in [6.07, 6.45) is 3.87. The third kappa shape index (κ3) is 1.89.